The molecule has 0 aliphatic heterocycles. The van der Waals surface area contributed by atoms with E-state index in [0.29, 0.717) is 15.8 Å². The quantitative estimate of drug-likeness (QED) is 0.311. The number of ketones is 1. The van der Waals surface area contributed by atoms with Gasteiger partial charge in [-0.3, -0.25) is 24.3 Å². The van der Waals surface area contributed by atoms with Crippen LogP contribution in [0.3, 0.4) is 0 Å². The number of nitrogens with zero attached hydrogens (tertiary/aromatic N) is 2. The number of fused-ring (bicyclic) bond motifs is 2. The Morgan fingerprint density at radius 3 is 2.58 bits per heavy atom. The van der Waals surface area contributed by atoms with Crippen LogP contribution in [0.25, 0.3) is 21.0 Å². The van der Waals surface area contributed by atoms with Gasteiger partial charge in [-0.25, -0.2) is 0 Å². The van der Waals surface area contributed by atoms with E-state index in [-0.39, 0.29) is 22.9 Å². The fourth-order valence-corrected chi connectivity index (χ4v) is 3.84. The zero-order valence-corrected chi connectivity index (χ0v) is 14.2. The Hall–Kier alpha value is -3.32. The van der Waals surface area contributed by atoms with E-state index in [1.165, 1.54) is 22.8 Å². The van der Waals surface area contributed by atoms with E-state index in [9.17, 15) is 19.7 Å². The van der Waals surface area contributed by atoms with Gasteiger partial charge < -0.3 is 0 Å². The number of Topliss-reactive ketones (excluding diaryl/α,β-unsaturated/α-hetero) is 1. The van der Waals surface area contributed by atoms with E-state index in [1.807, 2.05) is 36.4 Å². The van der Waals surface area contributed by atoms with Crippen LogP contribution in [-0.2, 0) is 6.54 Å². The number of thiazole rings is 1. The second-order valence-electron chi connectivity index (χ2n) is 5.85. The number of carbonyl (C=O) groups excluding carboxylic acids is 1. The first-order chi connectivity index (χ1) is 12.5. The third-order valence-electron chi connectivity index (χ3n) is 4.24. The lowest BCUT2D eigenvalue weighted by molar-refractivity contribution is -0.384. The van der Waals surface area contributed by atoms with Crippen LogP contribution in [-0.4, -0.2) is 15.3 Å². The van der Waals surface area contributed by atoms with Crippen molar-refractivity contribution in [1.29, 1.82) is 0 Å². The summed E-state index contributed by atoms with van der Waals surface area (Å²) >= 11 is 0.901. The van der Waals surface area contributed by atoms with Crippen LogP contribution in [0.2, 0.25) is 0 Å². The molecule has 4 rings (SSSR count). The molecule has 26 heavy (non-hydrogen) atoms. The van der Waals surface area contributed by atoms with Gasteiger partial charge >= 0.3 is 4.87 Å². The molecule has 7 heteroatoms. The maximum absolute atomic E-state index is 12.7. The van der Waals surface area contributed by atoms with E-state index in [0.717, 1.165) is 22.1 Å². The molecule has 0 amide bonds. The minimum absolute atomic E-state index is 0.0771. The predicted octanol–water partition coefficient (Wildman–Crippen LogP) is 4.01. The second kappa shape index (κ2) is 6.20. The predicted molar refractivity (Wildman–Crippen MR) is 101 cm³/mol. The van der Waals surface area contributed by atoms with Gasteiger partial charge in [-0.05, 0) is 22.9 Å². The number of carbonyl (C=O) groups is 1. The standard InChI is InChI=1S/C19H12N2O4S/c22-17(14-6-5-12-3-1-2-4-13(12)9-14)11-20-16-8-7-15(21(24)25)10-18(16)26-19(20)23/h1-10H,11H2. The molecule has 0 saturated heterocycles. The average molecular weight is 364 g/mol. The number of hydrogen-bond acceptors (Lipinski definition) is 5. The number of benzene rings is 3. The number of rotatable bonds is 4. The van der Waals surface area contributed by atoms with E-state index in [2.05, 4.69) is 0 Å². The molecule has 0 N–H and O–H groups in total. The number of non-ortho nitro benzene ring substituents is 1. The van der Waals surface area contributed by atoms with Gasteiger partial charge in [0.2, 0.25) is 0 Å². The summed E-state index contributed by atoms with van der Waals surface area (Å²) < 4.78 is 1.86. The Kier molecular flexibility index (Phi) is 3.85. The maximum Gasteiger partial charge on any atom is 0.308 e. The fourth-order valence-electron chi connectivity index (χ4n) is 2.92. The Labute approximate surface area is 151 Å². The lowest BCUT2D eigenvalue weighted by Crippen LogP contribution is -2.19. The first-order valence-electron chi connectivity index (χ1n) is 7.83. The van der Waals surface area contributed by atoms with Crippen molar-refractivity contribution in [3.8, 4) is 0 Å². The molecule has 6 nitrogen and oxygen atoms in total. The Morgan fingerprint density at radius 2 is 1.81 bits per heavy atom. The Bertz CT molecular complexity index is 1240. The summed E-state index contributed by atoms with van der Waals surface area (Å²) in [6.07, 6.45) is 0. The van der Waals surface area contributed by atoms with Crippen LogP contribution < -0.4 is 4.87 Å². The molecular weight excluding hydrogens is 352 g/mol. The van der Waals surface area contributed by atoms with Gasteiger partial charge in [0.05, 0.1) is 21.7 Å². The molecule has 3 aromatic carbocycles. The third kappa shape index (κ3) is 2.78. The fraction of sp³-hybridized carbons (Fsp3) is 0.0526. The summed E-state index contributed by atoms with van der Waals surface area (Å²) in [6.45, 7) is -0.102. The van der Waals surface area contributed by atoms with Gasteiger partial charge in [-0.15, -0.1) is 0 Å². The highest BCUT2D eigenvalue weighted by atomic mass is 32.1. The van der Waals surface area contributed by atoms with Crippen molar-refractivity contribution in [1.82, 2.24) is 4.57 Å². The van der Waals surface area contributed by atoms with Crippen molar-refractivity contribution in [2.24, 2.45) is 0 Å². The van der Waals surface area contributed by atoms with Crippen molar-refractivity contribution < 1.29 is 9.72 Å². The second-order valence-corrected chi connectivity index (χ2v) is 6.84. The average Bonchev–Trinajstić information content (AvgIpc) is 2.95. The summed E-state index contributed by atoms with van der Waals surface area (Å²) in [5, 5.41) is 12.9. The lowest BCUT2D eigenvalue weighted by atomic mass is 10.0. The highest BCUT2D eigenvalue weighted by Crippen LogP contribution is 2.24. The largest absolute Gasteiger partial charge is 0.308 e. The highest BCUT2D eigenvalue weighted by Gasteiger charge is 2.16. The zero-order valence-electron chi connectivity index (χ0n) is 13.4. The Morgan fingerprint density at radius 1 is 1.04 bits per heavy atom. The highest BCUT2D eigenvalue weighted by molar-refractivity contribution is 7.16. The van der Waals surface area contributed by atoms with E-state index in [4.69, 9.17) is 0 Å². The smallest absolute Gasteiger partial charge is 0.292 e. The maximum atomic E-state index is 12.7. The minimum atomic E-state index is -0.506. The van der Waals surface area contributed by atoms with E-state index in [1.54, 1.807) is 6.07 Å². The molecule has 1 aromatic heterocycles. The van der Waals surface area contributed by atoms with Crippen LogP contribution in [0.4, 0.5) is 5.69 Å². The molecule has 0 saturated carbocycles. The van der Waals surface area contributed by atoms with Crippen LogP contribution in [0.5, 0.6) is 0 Å². The molecule has 0 aliphatic carbocycles. The third-order valence-corrected chi connectivity index (χ3v) is 5.18. The summed E-state index contributed by atoms with van der Waals surface area (Å²) in [5.74, 6) is -0.184. The molecule has 0 bridgehead atoms. The summed E-state index contributed by atoms with van der Waals surface area (Å²) in [5.41, 5.74) is 0.975. The van der Waals surface area contributed by atoms with E-state index < -0.39 is 4.92 Å². The van der Waals surface area contributed by atoms with Crippen LogP contribution >= 0.6 is 11.3 Å². The summed E-state index contributed by atoms with van der Waals surface area (Å²) in [7, 11) is 0. The molecule has 4 aromatic rings. The normalized spacial score (nSPS) is 11.1. The lowest BCUT2D eigenvalue weighted by Gasteiger charge is -2.05. The topological polar surface area (TPSA) is 82.2 Å². The summed E-state index contributed by atoms with van der Waals surface area (Å²) in [4.78, 5) is 35.0. The van der Waals surface area contributed by atoms with Crippen molar-refractivity contribution in [3.63, 3.8) is 0 Å². The van der Waals surface area contributed by atoms with Crippen LogP contribution in [0.15, 0.2) is 65.5 Å². The Balaban J connectivity index is 1.71. The molecule has 0 fully saturated rings. The molecule has 0 radical (unpaired) electrons. The molecule has 0 spiro atoms. The van der Waals surface area contributed by atoms with Gasteiger partial charge in [0.25, 0.3) is 5.69 Å². The number of nitro benzene ring substituents is 1. The van der Waals surface area contributed by atoms with Crippen molar-refractivity contribution in [2.45, 2.75) is 6.54 Å². The minimum Gasteiger partial charge on any atom is -0.292 e. The van der Waals surface area contributed by atoms with Crippen molar-refractivity contribution in [2.75, 3.05) is 0 Å². The zero-order chi connectivity index (χ0) is 18.3. The SMILES string of the molecule is O=C(Cn1c(=O)sc2cc([N+](=O)[O-])ccc21)c1ccc2ccccc2c1. The molecule has 1 heterocycles. The molecule has 0 aliphatic rings. The first-order valence-corrected chi connectivity index (χ1v) is 8.64. The number of hydrogen-bond donors (Lipinski definition) is 0. The molecule has 0 atom stereocenters. The van der Waals surface area contributed by atoms with Gasteiger partial charge in [-0.2, -0.15) is 0 Å². The van der Waals surface area contributed by atoms with E-state index >= 15 is 0 Å². The number of aromatic nitrogens is 1. The summed E-state index contributed by atoms with van der Waals surface area (Å²) in [6, 6.07) is 17.4. The molecular formula is C19H12N2O4S. The monoisotopic (exact) mass is 364 g/mol. The first kappa shape index (κ1) is 16.2. The van der Waals surface area contributed by atoms with Crippen LogP contribution in [0.1, 0.15) is 10.4 Å². The van der Waals surface area contributed by atoms with Gasteiger partial charge in [0.1, 0.15) is 0 Å². The molecule has 0 unspecified atom stereocenters. The van der Waals surface area contributed by atoms with Crippen LogP contribution in [0, 0.1) is 10.1 Å². The number of nitro groups is 1. The van der Waals surface area contributed by atoms with Crippen molar-refractivity contribution >= 4 is 43.8 Å². The van der Waals surface area contributed by atoms with Gasteiger partial charge in [0, 0.05) is 17.7 Å². The van der Waals surface area contributed by atoms with Crippen molar-refractivity contribution in [3.05, 3.63) is 86.0 Å². The van der Waals surface area contributed by atoms with Gasteiger partial charge in [0.15, 0.2) is 5.78 Å². The van der Waals surface area contributed by atoms with Gasteiger partial charge in [-0.1, -0.05) is 47.7 Å². The molecule has 128 valence electrons.